The average molecular weight is 369 g/mol. The molecule has 3 aromatic rings. The van der Waals surface area contributed by atoms with Gasteiger partial charge in [-0.05, 0) is 53.9 Å². The maximum atomic E-state index is 12.9. The minimum Gasteiger partial charge on any atom is -0.299 e. The lowest BCUT2D eigenvalue weighted by atomic mass is 10.0. The second kappa shape index (κ2) is 7.74. The Hall–Kier alpha value is -2.95. The summed E-state index contributed by atoms with van der Waals surface area (Å²) in [7, 11) is 0. The van der Waals surface area contributed by atoms with Crippen molar-refractivity contribution >= 4 is 22.8 Å². The molecule has 0 unspecified atom stereocenters. The highest BCUT2D eigenvalue weighted by Gasteiger charge is 2.30. The quantitative estimate of drug-likeness (QED) is 0.571. The van der Waals surface area contributed by atoms with Crippen molar-refractivity contribution in [2.75, 3.05) is 0 Å². The molecule has 0 spiro atoms. The van der Waals surface area contributed by atoms with E-state index >= 15 is 0 Å². The van der Waals surface area contributed by atoms with Crippen LogP contribution in [0.25, 0.3) is 17.0 Å². The summed E-state index contributed by atoms with van der Waals surface area (Å²) >= 11 is 0. The number of ketones is 1. The van der Waals surface area contributed by atoms with Gasteiger partial charge in [0.25, 0.3) is 0 Å². The second-order valence-electron chi connectivity index (χ2n) is 6.48. The highest BCUT2D eigenvalue weighted by Crippen LogP contribution is 2.30. The molecule has 0 N–H and O–H groups in total. The zero-order valence-electron chi connectivity index (χ0n) is 14.8. The number of carbonyl (C=O) groups is 1. The summed E-state index contributed by atoms with van der Waals surface area (Å²) in [5.41, 5.74) is 2.04. The van der Waals surface area contributed by atoms with Crippen LogP contribution in [0.4, 0.5) is 13.2 Å². The number of rotatable bonds is 5. The zero-order valence-corrected chi connectivity index (χ0v) is 14.8. The van der Waals surface area contributed by atoms with Crippen molar-refractivity contribution in [3.8, 4) is 0 Å². The first kappa shape index (κ1) is 18.8. The summed E-state index contributed by atoms with van der Waals surface area (Å²) in [5, 5.41) is 0.970. The molecule has 0 bridgehead atoms. The smallest absolute Gasteiger partial charge is 0.299 e. The van der Waals surface area contributed by atoms with E-state index < -0.39 is 11.7 Å². The normalized spacial score (nSPS) is 12.0. The van der Waals surface area contributed by atoms with Gasteiger partial charge in [0, 0.05) is 24.4 Å². The summed E-state index contributed by atoms with van der Waals surface area (Å²) in [6, 6.07) is 13.3. The first-order chi connectivity index (χ1) is 12.8. The molecule has 0 radical (unpaired) electrons. The van der Waals surface area contributed by atoms with E-state index in [0.29, 0.717) is 11.1 Å². The molecule has 0 fully saturated rings. The molecular weight excluding hydrogens is 351 g/mol. The third-order valence-corrected chi connectivity index (χ3v) is 4.15. The number of hydrogen-bond donors (Lipinski definition) is 0. The van der Waals surface area contributed by atoms with Gasteiger partial charge < -0.3 is 0 Å². The van der Waals surface area contributed by atoms with Gasteiger partial charge in [0.15, 0.2) is 0 Å². The van der Waals surface area contributed by atoms with E-state index in [4.69, 9.17) is 0 Å². The van der Waals surface area contributed by atoms with Gasteiger partial charge in [-0.15, -0.1) is 0 Å². The van der Waals surface area contributed by atoms with Gasteiger partial charge in [0.2, 0.25) is 0 Å². The summed E-state index contributed by atoms with van der Waals surface area (Å²) < 4.78 is 38.6. The van der Waals surface area contributed by atoms with Crippen LogP contribution in [0.1, 0.15) is 28.7 Å². The molecule has 3 rings (SSSR count). The van der Waals surface area contributed by atoms with Crippen LogP contribution in [-0.4, -0.2) is 10.8 Å². The summed E-state index contributed by atoms with van der Waals surface area (Å²) in [6.45, 7) is 1.62. The Balaban J connectivity index is 1.65. The maximum absolute atomic E-state index is 12.9. The van der Waals surface area contributed by atoms with E-state index in [1.807, 2.05) is 30.3 Å². The SMILES string of the molecule is Cc1cc(/C=C/CC(=O)Cc2ccc3ncccc3c2)cc(C(F)(F)F)c1. The lowest BCUT2D eigenvalue weighted by Crippen LogP contribution is -2.05. The van der Waals surface area contributed by atoms with Crippen LogP contribution in [0, 0.1) is 6.92 Å². The number of benzene rings is 2. The Kier molecular flexibility index (Phi) is 5.40. The Labute approximate surface area is 155 Å². The number of alkyl halides is 3. The van der Waals surface area contributed by atoms with E-state index in [2.05, 4.69) is 4.98 Å². The summed E-state index contributed by atoms with van der Waals surface area (Å²) in [4.78, 5) is 16.4. The predicted octanol–water partition coefficient (Wildman–Crippen LogP) is 5.78. The van der Waals surface area contributed by atoms with Crippen molar-refractivity contribution in [1.82, 2.24) is 4.98 Å². The Morgan fingerprint density at radius 1 is 1.11 bits per heavy atom. The molecule has 2 aromatic carbocycles. The van der Waals surface area contributed by atoms with Crippen molar-refractivity contribution in [3.05, 3.63) is 83.1 Å². The van der Waals surface area contributed by atoms with Gasteiger partial charge in [0.1, 0.15) is 5.78 Å². The lowest BCUT2D eigenvalue weighted by Gasteiger charge is -2.08. The van der Waals surface area contributed by atoms with Crippen LogP contribution in [0.15, 0.2) is 60.8 Å². The minimum absolute atomic E-state index is 0.00168. The zero-order chi connectivity index (χ0) is 19.4. The maximum Gasteiger partial charge on any atom is 0.416 e. The van der Waals surface area contributed by atoms with Crippen molar-refractivity contribution < 1.29 is 18.0 Å². The van der Waals surface area contributed by atoms with Crippen LogP contribution in [0.2, 0.25) is 0 Å². The molecule has 0 amide bonds. The molecule has 0 aliphatic rings. The number of hydrogen-bond acceptors (Lipinski definition) is 2. The topological polar surface area (TPSA) is 30.0 Å². The fourth-order valence-corrected chi connectivity index (χ4v) is 2.93. The fourth-order valence-electron chi connectivity index (χ4n) is 2.93. The van der Waals surface area contributed by atoms with E-state index in [1.54, 1.807) is 31.3 Å². The van der Waals surface area contributed by atoms with E-state index in [1.165, 1.54) is 0 Å². The lowest BCUT2D eigenvalue weighted by molar-refractivity contribution is -0.137. The highest BCUT2D eigenvalue weighted by atomic mass is 19.4. The molecule has 1 aromatic heterocycles. The molecule has 0 aliphatic heterocycles. The molecular formula is C22H18F3NO. The van der Waals surface area contributed by atoms with Crippen molar-refractivity contribution in [3.63, 3.8) is 0 Å². The molecule has 0 aliphatic carbocycles. The first-order valence-electron chi connectivity index (χ1n) is 8.52. The molecule has 5 heteroatoms. The highest BCUT2D eigenvalue weighted by molar-refractivity contribution is 5.85. The van der Waals surface area contributed by atoms with Crippen LogP contribution < -0.4 is 0 Å². The number of pyridine rings is 1. The molecule has 1 heterocycles. The Morgan fingerprint density at radius 2 is 1.93 bits per heavy atom. The molecule has 0 saturated heterocycles. The van der Waals surface area contributed by atoms with Crippen molar-refractivity contribution in [1.29, 1.82) is 0 Å². The number of Topliss-reactive ketones (excluding diaryl/α,β-unsaturated/α-hetero) is 1. The van der Waals surface area contributed by atoms with Crippen LogP contribution in [0.3, 0.4) is 0 Å². The van der Waals surface area contributed by atoms with Gasteiger partial charge in [-0.25, -0.2) is 0 Å². The van der Waals surface area contributed by atoms with Crippen molar-refractivity contribution in [2.24, 2.45) is 0 Å². The Bertz CT molecular complexity index is 1010. The van der Waals surface area contributed by atoms with Gasteiger partial charge in [-0.1, -0.05) is 30.4 Å². The fraction of sp³-hybridized carbons (Fsp3) is 0.182. The molecule has 0 atom stereocenters. The second-order valence-corrected chi connectivity index (χ2v) is 6.48. The van der Waals surface area contributed by atoms with E-state index in [0.717, 1.165) is 28.6 Å². The number of nitrogens with zero attached hydrogens (tertiary/aromatic N) is 1. The standard InChI is InChI=1S/C22H18F3NO/c1-15-10-16(13-19(11-15)22(23,24)25)4-2-6-20(27)14-17-7-8-21-18(12-17)5-3-9-26-21/h2-5,7-13H,6,14H2,1H3/b4-2+. The first-order valence-corrected chi connectivity index (χ1v) is 8.52. The monoisotopic (exact) mass is 369 g/mol. The third kappa shape index (κ3) is 5.03. The number of fused-ring (bicyclic) bond motifs is 1. The number of carbonyl (C=O) groups excluding carboxylic acids is 1. The van der Waals surface area contributed by atoms with Crippen LogP contribution >= 0.6 is 0 Å². The summed E-state index contributed by atoms with van der Waals surface area (Å²) in [6.07, 6.45) is 0.949. The number of halogens is 3. The third-order valence-electron chi connectivity index (χ3n) is 4.15. The largest absolute Gasteiger partial charge is 0.416 e. The van der Waals surface area contributed by atoms with Crippen molar-refractivity contribution in [2.45, 2.75) is 25.9 Å². The number of aryl methyl sites for hydroxylation is 1. The predicted molar refractivity (Wildman–Crippen MR) is 100 cm³/mol. The number of allylic oxidation sites excluding steroid dienone is 1. The van der Waals surface area contributed by atoms with E-state index in [-0.39, 0.29) is 18.6 Å². The Morgan fingerprint density at radius 3 is 2.70 bits per heavy atom. The van der Waals surface area contributed by atoms with E-state index in [9.17, 15) is 18.0 Å². The molecule has 138 valence electrons. The van der Waals surface area contributed by atoms with Gasteiger partial charge in [-0.2, -0.15) is 13.2 Å². The van der Waals surface area contributed by atoms with Crippen LogP contribution in [-0.2, 0) is 17.4 Å². The van der Waals surface area contributed by atoms with Gasteiger partial charge in [0.05, 0.1) is 11.1 Å². The van der Waals surface area contributed by atoms with Gasteiger partial charge >= 0.3 is 6.18 Å². The molecule has 2 nitrogen and oxygen atoms in total. The number of aromatic nitrogens is 1. The average Bonchev–Trinajstić information content (AvgIpc) is 2.60. The molecule has 0 saturated carbocycles. The van der Waals surface area contributed by atoms with Gasteiger partial charge in [-0.3, -0.25) is 9.78 Å². The summed E-state index contributed by atoms with van der Waals surface area (Å²) in [5.74, 6) is -0.00168. The minimum atomic E-state index is -4.38. The van der Waals surface area contributed by atoms with Crippen LogP contribution in [0.5, 0.6) is 0 Å². The molecule has 27 heavy (non-hydrogen) atoms.